The number of hydrogen-bond acceptors (Lipinski definition) is 2. The molecular formula is C12H24N2. The molecule has 2 heteroatoms. The quantitative estimate of drug-likeness (QED) is 0.692. The second kappa shape index (κ2) is 6.20. The van der Waals surface area contributed by atoms with Gasteiger partial charge >= 0.3 is 0 Å². The first-order valence-corrected chi connectivity index (χ1v) is 5.75. The topological polar surface area (TPSA) is 15.3 Å². The first kappa shape index (κ1) is 11.7. The van der Waals surface area contributed by atoms with Gasteiger partial charge in [0.25, 0.3) is 0 Å². The van der Waals surface area contributed by atoms with Crippen LogP contribution < -0.4 is 5.32 Å². The van der Waals surface area contributed by atoms with Gasteiger partial charge in [-0.25, -0.2) is 0 Å². The third kappa shape index (κ3) is 4.25. The highest BCUT2D eigenvalue weighted by atomic mass is 15.1. The van der Waals surface area contributed by atoms with Crippen molar-refractivity contribution < 1.29 is 0 Å². The van der Waals surface area contributed by atoms with E-state index in [0.29, 0.717) is 0 Å². The molecule has 1 fully saturated rings. The average molecular weight is 196 g/mol. The molecule has 1 saturated heterocycles. The number of rotatable bonds is 4. The Labute approximate surface area is 88.4 Å². The molecule has 1 heterocycles. The van der Waals surface area contributed by atoms with Crippen molar-refractivity contribution in [1.82, 2.24) is 10.2 Å². The van der Waals surface area contributed by atoms with E-state index < -0.39 is 0 Å². The van der Waals surface area contributed by atoms with Gasteiger partial charge in [0.2, 0.25) is 0 Å². The Morgan fingerprint density at radius 2 is 2.21 bits per heavy atom. The van der Waals surface area contributed by atoms with Crippen molar-refractivity contribution in [1.29, 1.82) is 0 Å². The highest BCUT2D eigenvalue weighted by Crippen LogP contribution is 2.12. The second-order valence-corrected chi connectivity index (χ2v) is 4.52. The summed E-state index contributed by atoms with van der Waals surface area (Å²) >= 11 is 0. The van der Waals surface area contributed by atoms with E-state index in [2.05, 4.69) is 30.8 Å². The lowest BCUT2D eigenvalue weighted by molar-refractivity contribution is 0.227. The van der Waals surface area contributed by atoms with Gasteiger partial charge in [-0.3, -0.25) is 0 Å². The van der Waals surface area contributed by atoms with E-state index in [1.807, 2.05) is 0 Å². The van der Waals surface area contributed by atoms with Crippen molar-refractivity contribution in [3.8, 4) is 0 Å². The zero-order valence-electron chi connectivity index (χ0n) is 9.68. The molecule has 0 aromatic heterocycles. The number of nitrogens with zero attached hydrogens (tertiary/aromatic N) is 1. The van der Waals surface area contributed by atoms with E-state index in [4.69, 9.17) is 0 Å². The van der Waals surface area contributed by atoms with E-state index in [-0.39, 0.29) is 0 Å². The minimum Gasteiger partial charge on any atom is -0.317 e. The van der Waals surface area contributed by atoms with Gasteiger partial charge in [0, 0.05) is 12.6 Å². The number of nitrogens with one attached hydrogen (secondary N) is 1. The summed E-state index contributed by atoms with van der Waals surface area (Å²) in [5.74, 6) is 0. The molecule has 0 aliphatic carbocycles. The Hall–Kier alpha value is -0.340. The van der Waals surface area contributed by atoms with E-state index in [0.717, 1.165) is 12.5 Å². The van der Waals surface area contributed by atoms with Crippen LogP contribution in [0.25, 0.3) is 0 Å². The van der Waals surface area contributed by atoms with Crippen molar-refractivity contribution >= 4 is 0 Å². The first-order chi connectivity index (χ1) is 6.70. The summed E-state index contributed by atoms with van der Waals surface area (Å²) in [5.41, 5.74) is 1.29. The molecule has 1 atom stereocenters. The van der Waals surface area contributed by atoms with Crippen LogP contribution in [0.2, 0.25) is 0 Å². The van der Waals surface area contributed by atoms with Gasteiger partial charge in [0.1, 0.15) is 0 Å². The van der Waals surface area contributed by atoms with Crippen molar-refractivity contribution in [2.45, 2.75) is 38.6 Å². The lowest BCUT2D eigenvalue weighted by Crippen LogP contribution is -2.33. The van der Waals surface area contributed by atoms with Crippen LogP contribution in [0.3, 0.4) is 0 Å². The predicted molar refractivity (Wildman–Crippen MR) is 62.6 cm³/mol. The zero-order valence-corrected chi connectivity index (χ0v) is 9.68. The molecule has 14 heavy (non-hydrogen) atoms. The van der Waals surface area contributed by atoms with Gasteiger partial charge in [0.15, 0.2) is 0 Å². The Balaban J connectivity index is 2.26. The van der Waals surface area contributed by atoms with Gasteiger partial charge in [-0.15, -0.1) is 6.58 Å². The lowest BCUT2D eigenvalue weighted by Gasteiger charge is -2.26. The van der Waals surface area contributed by atoms with Crippen LogP contribution in [0.1, 0.15) is 32.6 Å². The van der Waals surface area contributed by atoms with Crippen LogP contribution in [0.5, 0.6) is 0 Å². The molecule has 1 aliphatic heterocycles. The monoisotopic (exact) mass is 196 g/mol. The van der Waals surface area contributed by atoms with Gasteiger partial charge in [-0.05, 0) is 52.7 Å². The SMILES string of the molecule is C=C(C)CCN(C)C1CCCNCC1. The zero-order chi connectivity index (χ0) is 10.4. The summed E-state index contributed by atoms with van der Waals surface area (Å²) in [4.78, 5) is 2.50. The van der Waals surface area contributed by atoms with Crippen molar-refractivity contribution in [3.05, 3.63) is 12.2 Å². The minimum atomic E-state index is 0.782. The van der Waals surface area contributed by atoms with Crippen molar-refractivity contribution in [3.63, 3.8) is 0 Å². The molecule has 0 aromatic rings. The van der Waals surface area contributed by atoms with Crippen LogP contribution in [0, 0.1) is 0 Å². The van der Waals surface area contributed by atoms with Crippen LogP contribution in [0.15, 0.2) is 12.2 Å². The molecule has 2 nitrogen and oxygen atoms in total. The maximum absolute atomic E-state index is 3.95. The Bertz CT molecular complexity index is 169. The van der Waals surface area contributed by atoms with E-state index >= 15 is 0 Å². The van der Waals surface area contributed by atoms with Gasteiger partial charge in [-0.1, -0.05) is 5.57 Å². The van der Waals surface area contributed by atoms with Crippen LogP contribution in [-0.4, -0.2) is 37.6 Å². The fraction of sp³-hybridized carbons (Fsp3) is 0.833. The first-order valence-electron chi connectivity index (χ1n) is 5.75. The highest BCUT2D eigenvalue weighted by Gasteiger charge is 2.15. The molecule has 1 rings (SSSR count). The molecule has 1 aliphatic rings. The third-order valence-corrected chi connectivity index (χ3v) is 3.06. The Morgan fingerprint density at radius 1 is 1.43 bits per heavy atom. The Morgan fingerprint density at radius 3 is 2.93 bits per heavy atom. The lowest BCUT2D eigenvalue weighted by atomic mass is 10.1. The van der Waals surface area contributed by atoms with Gasteiger partial charge in [-0.2, -0.15) is 0 Å². The summed E-state index contributed by atoms with van der Waals surface area (Å²) in [5, 5.41) is 3.45. The molecule has 0 amide bonds. The predicted octanol–water partition coefficient (Wildman–Crippen LogP) is 2.03. The maximum Gasteiger partial charge on any atom is 0.0105 e. The molecular weight excluding hydrogens is 172 g/mol. The standard InChI is InChI=1S/C12H24N2/c1-11(2)7-10-14(3)12-5-4-8-13-9-6-12/h12-13H,1,4-10H2,2-3H3. The number of hydrogen-bond donors (Lipinski definition) is 1. The van der Waals surface area contributed by atoms with E-state index in [9.17, 15) is 0 Å². The smallest absolute Gasteiger partial charge is 0.0105 e. The average Bonchev–Trinajstić information content (AvgIpc) is 2.42. The third-order valence-electron chi connectivity index (χ3n) is 3.06. The molecule has 0 spiro atoms. The molecule has 1 N–H and O–H groups in total. The molecule has 82 valence electrons. The summed E-state index contributed by atoms with van der Waals surface area (Å²) in [6.07, 6.45) is 5.11. The van der Waals surface area contributed by atoms with E-state index in [1.54, 1.807) is 0 Å². The second-order valence-electron chi connectivity index (χ2n) is 4.52. The molecule has 0 aromatic carbocycles. The normalized spacial score (nSPS) is 23.5. The maximum atomic E-state index is 3.95. The minimum absolute atomic E-state index is 0.782. The van der Waals surface area contributed by atoms with E-state index in [1.165, 1.54) is 44.5 Å². The Kier molecular flexibility index (Phi) is 5.20. The van der Waals surface area contributed by atoms with Crippen LogP contribution in [0.4, 0.5) is 0 Å². The summed E-state index contributed by atoms with van der Waals surface area (Å²) in [7, 11) is 2.25. The van der Waals surface area contributed by atoms with Crippen LogP contribution >= 0.6 is 0 Å². The van der Waals surface area contributed by atoms with Crippen LogP contribution in [-0.2, 0) is 0 Å². The molecule has 0 radical (unpaired) electrons. The summed E-state index contributed by atoms with van der Waals surface area (Å²) in [6, 6.07) is 0.782. The summed E-state index contributed by atoms with van der Waals surface area (Å²) < 4.78 is 0. The molecule has 0 saturated carbocycles. The fourth-order valence-corrected chi connectivity index (χ4v) is 1.99. The van der Waals surface area contributed by atoms with Gasteiger partial charge < -0.3 is 10.2 Å². The summed E-state index contributed by atoms with van der Waals surface area (Å²) in [6.45, 7) is 9.61. The fourth-order valence-electron chi connectivity index (χ4n) is 1.99. The molecule has 1 unspecified atom stereocenters. The van der Waals surface area contributed by atoms with Gasteiger partial charge in [0.05, 0.1) is 0 Å². The van der Waals surface area contributed by atoms with Crippen molar-refractivity contribution in [2.24, 2.45) is 0 Å². The largest absolute Gasteiger partial charge is 0.317 e. The molecule has 0 bridgehead atoms. The highest BCUT2D eigenvalue weighted by molar-refractivity contribution is 4.89. The van der Waals surface area contributed by atoms with Crippen molar-refractivity contribution in [2.75, 3.05) is 26.7 Å².